The number of carbonyl (C=O) groups excluding carboxylic acids is 1. The summed E-state index contributed by atoms with van der Waals surface area (Å²) in [6, 6.07) is 21.5. The summed E-state index contributed by atoms with van der Waals surface area (Å²) in [6.07, 6.45) is 0. The quantitative estimate of drug-likeness (QED) is 0.277. The zero-order valence-electron chi connectivity index (χ0n) is 20.8. The van der Waals surface area contributed by atoms with Gasteiger partial charge in [-0.05, 0) is 54.8 Å². The van der Waals surface area contributed by atoms with Crippen molar-refractivity contribution in [3.8, 4) is 5.69 Å². The van der Waals surface area contributed by atoms with Gasteiger partial charge in [0.2, 0.25) is 5.91 Å². The molecule has 7 heteroatoms. The van der Waals surface area contributed by atoms with Crippen LogP contribution < -0.4 is 10.5 Å². The number of amides is 1. The standard InChI is InChI=1S/C28H30N4O2S/c1-19-9-8-10-20(2)26(19)32-27(34)23-11-6-7-12-24(23)29-28(32)35-18-25(33)31(5)17-21-13-15-22(16-14-21)30(3)4/h6-16H,17-18H2,1-5H3. The summed E-state index contributed by atoms with van der Waals surface area (Å²) >= 11 is 1.30. The van der Waals surface area contributed by atoms with Gasteiger partial charge in [0, 0.05) is 33.4 Å². The smallest absolute Gasteiger partial charge is 0.266 e. The summed E-state index contributed by atoms with van der Waals surface area (Å²) in [5, 5.41) is 1.08. The Morgan fingerprint density at radius 1 is 0.914 bits per heavy atom. The number of thioether (sulfide) groups is 1. The summed E-state index contributed by atoms with van der Waals surface area (Å²) in [4.78, 5) is 35.1. The number of anilines is 1. The van der Waals surface area contributed by atoms with E-state index < -0.39 is 0 Å². The molecule has 0 aliphatic rings. The van der Waals surface area contributed by atoms with Gasteiger partial charge in [-0.2, -0.15) is 0 Å². The second-order valence-corrected chi connectivity index (χ2v) is 9.83. The molecule has 1 amide bonds. The van der Waals surface area contributed by atoms with Crippen LogP contribution in [0, 0.1) is 13.8 Å². The van der Waals surface area contributed by atoms with Crippen molar-refractivity contribution >= 4 is 34.3 Å². The number of hydrogen-bond donors (Lipinski definition) is 0. The SMILES string of the molecule is Cc1cccc(C)c1-n1c(SCC(=O)N(C)Cc2ccc(N(C)C)cc2)nc2ccccc2c1=O. The molecule has 0 saturated carbocycles. The van der Waals surface area contributed by atoms with E-state index in [4.69, 9.17) is 4.98 Å². The fourth-order valence-electron chi connectivity index (χ4n) is 4.06. The average Bonchev–Trinajstić information content (AvgIpc) is 2.84. The Hall–Kier alpha value is -3.58. The molecule has 4 rings (SSSR count). The molecule has 0 radical (unpaired) electrons. The number of aromatic nitrogens is 2. The highest BCUT2D eigenvalue weighted by Crippen LogP contribution is 2.25. The van der Waals surface area contributed by atoms with Crippen LogP contribution >= 0.6 is 11.8 Å². The van der Waals surface area contributed by atoms with Crippen LogP contribution in [0.3, 0.4) is 0 Å². The molecule has 6 nitrogen and oxygen atoms in total. The van der Waals surface area contributed by atoms with Crippen LogP contribution in [0.5, 0.6) is 0 Å². The van der Waals surface area contributed by atoms with E-state index in [9.17, 15) is 9.59 Å². The Kier molecular flexibility index (Phi) is 7.26. The van der Waals surface area contributed by atoms with Gasteiger partial charge in [-0.25, -0.2) is 4.98 Å². The lowest BCUT2D eigenvalue weighted by atomic mass is 10.1. The lowest BCUT2D eigenvalue weighted by molar-refractivity contribution is -0.127. The maximum atomic E-state index is 13.6. The van der Waals surface area contributed by atoms with Crippen molar-refractivity contribution in [2.45, 2.75) is 25.5 Å². The van der Waals surface area contributed by atoms with Crippen molar-refractivity contribution in [2.75, 3.05) is 31.8 Å². The topological polar surface area (TPSA) is 58.4 Å². The molecule has 1 heterocycles. The van der Waals surface area contributed by atoms with Gasteiger partial charge in [-0.3, -0.25) is 14.2 Å². The summed E-state index contributed by atoms with van der Waals surface area (Å²) in [5.41, 5.74) is 5.46. The predicted molar refractivity (Wildman–Crippen MR) is 145 cm³/mol. The van der Waals surface area contributed by atoms with Crippen LogP contribution in [0.1, 0.15) is 16.7 Å². The van der Waals surface area contributed by atoms with Crippen LogP contribution in [-0.2, 0) is 11.3 Å². The number of aryl methyl sites for hydroxylation is 2. The number of rotatable bonds is 7. The number of carbonyl (C=O) groups is 1. The van der Waals surface area contributed by atoms with E-state index in [2.05, 4.69) is 0 Å². The molecule has 0 atom stereocenters. The molecule has 35 heavy (non-hydrogen) atoms. The van der Waals surface area contributed by atoms with Crippen molar-refractivity contribution in [3.63, 3.8) is 0 Å². The molecule has 4 aromatic rings. The van der Waals surface area contributed by atoms with Gasteiger partial charge in [0.1, 0.15) is 0 Å². The van der Waals surface area contributed by atoms with Gasteiger partial charge < -0.3 is 9.80 Å². The Balaban J connectivity index is 1.61. The van der Waals surface area contributed by atoms with Crippen LogP contribution in [0.15, 0.2) is 76.7 Å². The average molecular weight is 487 g/mol. The highest BCUT2D eigenvalue weighted by Gasteiger charge is 2.18. The molecule has 0 aliphatic heterocycles. The van der Waals surface area contributed by atoms with E-state index in [0.29, 0.717) is 22.6 Å². The minimum Gasteiger partial charge on any atom is -0.378 e. The molecule has 0 saturated heterocycles. The third-order valence-corrected chi connectivity index (χ3v) is 6.95. The zero-order valence-corrected chi connectivity index (χ0v) is 21.6. The van der Waals surface area contributed by atoms with Crippen molar-refractivity contribution in [1.29, 1.82) is 0 Å². The Labute approximate surface area is 210 Å². The van der Waals surface area contributed by atoms with Gasteiger partial charge in [0.15, 0.2) is 5.16 Å². The molecule has 0 spiro atoms. The molecule has 0 N–H and O–H groups in total. The first kappa shape index (κ1) is 24.5. The van der Waals surface area contributed by atoms with Crippen molar-refractivity contribution in [2.24, 2.45) is 0 Å². The molecule has 0 unspecified atom stereocenters. The normalized spacial score (nSPS) is 11.0. The van der Waals surface area contributed by atoms with Crippen LogP contribution in [-0.4, -0.2) is 47.3 Å². The maximum absolute atomic E-state index is 13.6. The van der Waals surface area contributed by atoms with E-state index in [1.165, 1.54) is 11.8 Å². The highest BCUT2D eigenvalue weighted by atomic mass is 32.2. The van der Waals surface area contributed by atoms with E-state index in [0.717, 1.165) is 28.1 Å². The Morgan fingerprint density at radius 2 is 1.57 bits per heavy atom. The lowest BCUT2D eigenvalue weighted by Crippen LogP contribution is -2.29. The molecular weight excluding hydrogens is 456 g/mol. The molecule has 0 fully saturated rings. The first-order valence-electron chi connectivity index (χ1n) is 11.5. The minimum atomic E-state index is -0.128. The van der Waals surface area contributed by atoms with E-state index in [1.807, 2.05) is 93.5 Å². The van der Waals surface area contributed by atoms with E-state index >= 15 is 0 Å². The molecule has 1 aromatic heterocycles. The lowest BCUT2D eigenvalue weighted by Gasteiger charge is -2.20. The third-order valence-electron chi connectivity index (χ3n) is 6.03. The van der Waals surface area contributed by atoms with E-state index in [-0.39, 0.29) is 17.2 Å². The van der Waals surface area contributed by atoms with Crippen molar-refractivity contribution in [1.82, 2.24) is 14.5 Å². The van der Waals surface area contributed by atoms with Crippen molar-refractivity contribution in [3.05, 3.63) is 93.8 Å². The summed E-state index contributed by atoms with van der Waals surface area (Å²) < 4.78 is 1.66. The highest BCUT2D eigenvalue weighted by molar-refractivity contribution is 7.99. The molecule has 180 valence electrons. The largest absolute Gasteiger partial charge is 0.378 e. The van der Waals surface area contributed by atoms with Gasteiger partial charge >= 0.3 is 0 Å². The van der Waals surface area contributed by atoms with Gasteiger partial charge in [-0.15, -0.1) is 0 Å². The predicted octanol–water partition coefficient (Wildman–Crippen LogP) is 4.82. The molecule has 3 aromatic carbocycles. The first-order chi connectivity index (χ1) is 16.8. The van der Waals surface area contributed by atoms with Crippen LogP contribution in [0.25, 0.3) is 16.6 Å². The molecule has 0 bridgehead atoms. The number of nitrogens with zero attached hydrogens (tertiary/aromatic N) is 4. The second kappa shape index (κ2) is 10.4. The fraction of sp³-hybridized carbons (Fsp3) is 0.250. The summed E-state index contributed by atoms with van der Waals surface area (Å²) in [7, 11) is 5.80. The van der Waals surface area contributed by atoms with Gasteiger partial charge in [-0.1, -0.05) is 54.2 Å². The number of benzene rings is 3. The van der Waals surface area contributed by atoms with Gasteiger partial charge in [0.05, 0.1) is 22.3 Å². The number of hydrogen-bond acceptors (Lipinski definition) is 5. The number of fused-ring (bicyclic) bond motifs is 1. The summed E-state index contributed by atoms with van der Waals surface area (Å²) in [6.45, 7) is 4.49. The molecule has 0 aliphatic carbocycles. The maximum Gasteiger partial charge on any atom is 0.266 e. The number of para-hydroxylation sites is 2. The fourth-order valence-corrected chi connectivity index (χ4v) is 5.00. The van der Waals surface area contributed by atoms with E-state index in [1.54, 1.807) is 22.6 Å². The van der Waals surface area contributed by atoms with Crippen LogP contribution in [0.2, 0.25) is 0 Å². The summed E-state index contributed by atoms with van der Waals surface area (Å²) in [5.74, 6) is 0.157. The third kappa shape index (κ3) is 5.25. The zero-order chi connectivity index (χ0) is 25.1. The van der Waals surface area contributed by atoms with Gasteiger partial charge in [0.25, 0.3) is 5.56 Å². The minimum absolute atomic E-state index is 0.0258. The van der Waals surface area contributed by atoms with Crippen LogP contribution in [0.4, 0.5) is 5.69 Å². The van der Waals surface area contributed by atoms with Crippen molar-refractivity contribution < 1.29 is 4.79 Å². The Morgan fingerprint density at radius 3 is 2.23 bits per heavy atom. The molecular formula is C28H30N4O2S. The first-order valence-corrected chi connectivity index (χ1v) is 12.5. The second-order valence-electron chi connectivity index (χ2n) is 8.89. The monoisotopic (exact) mass is 486 g/mol. The Bertz CT molecular complexity index is 1410.